The minimum atomic E-state index is -0.740. The molecule has 0 radical (unpaired) electrons. The first-order valence-corrected chi connectivity index (χ1v) is 12.4. The van der Waals surface area contributed by atoms with Crippen molar-refractivity contribution in [2.75, 3.05) is 30.9 Å². The van der Waals surface area contributed by atoms with E-state index in [4.69, 9.17) is 4.98 Å². The molecule has 1 aliphatic rings. The normalized spacial score (nSPS) is 17.6. The third-order valence-corrected chi connectivity index (χ3v) is 7.26. The lowest BCUT2D eigenvalue weighted by Gasteiger charge is -2.36. The number of aryl methyl sites for hydroxylation is 1. The number of thiazole rings is 1. The molecule has 0 spiro atoms. The van der Waals surface area contributed by atoms with Gasteiger partial charge in [0.1, 0.15) is 11.6 Å². The van der Waals surface area contributed by atoms with Crippen LogP contribution in [0.5, 0.6) is 0 Å². The molecule has 184 valence electrons. The van der Waals surface area contributed by atoms with Crippen molar-refractivity contribution in [3.05, 3.63) is 48.3 Å². The highest BCUT2D eigenvalue weighted by Gasteiger charge is 2.32. The molecule has 2 N–H and O–H groups in total. The van der Waals surface area contributed by atoms with Gasteiger partial charge in [-0.15, -0.1) is 0 Å². The number of rotatable bonds is 8. The van der Waals surface area contributed by atoms with Crippen LogP contribution >= 0.6 is 11.3 Å². The number of carbonyl (C=O) groups excluding carboxylic acids is 1. The van der Waals surface area contributed by atoms with Crippen LogP contribution in [0.2, 0.25) is 0 Å². The summed E-state index contributed by atoms with van der Waals surface area (Å²) in [5.41, 5.74) is 1.88. The van der Waals surface area contributed by atoms with Crippen molar-refractivity contribution >= 4 is 40.0 Å². The molecule has 3 aromatic rings. The van der Waals surface area contributed by atoms with Gasteiger partial charge in [-0.1, -0.05) is 17.4 Å². The van der Waals surface area contributed by atoms with E-state index in [9.17, 15) is 14.7 Å². The second kappa shape index (κ2) is 10.8. The summed E-state index contributed by atoms with van der Waals surface area (Å²) >= 11 is 1.49. The zero-order valence-corrected chi connectivity index (χ0v) is 21.0. The van der Waals surface area contributed by atoms with Gasteiger partial charge < -0.3 is 20.2 Å². The molecule has 0 unspecified atom stereocenters. The van der Waals surface area contributed by atoms with E-state index in [-0.39, 0.29) is 24.4 Å². The van der Waals surface area contributed by atoms with Crippen LogP contribution in [0.1, 0.15) is 31.2 Å². The van der Waals surface area contributed by atoms with Gasteiger partial charge in [-0.05, 0) is 62.4 Å². The molecule has 1 saturated carbocycles. The Balaban J connectivity index is 1.55. The maximum Gasteiger partial charge on any atom is 0.306 e. The van der Waals surface area contributed by atoms with Gasteiger partial charge in [-0.25, -0.2) is 15.0 Å². The summed E-state index contributed by atoms with van der Waals surface area (Å²) in [6.45, 7) is 2.22. The molecule has 0 saturated heterocycles. The number of likely N-dealkylation sites (N-methyl/N-ethyl adjacent to an activating group) is 1. The number of carboxylic acid groups (broad SMARTS) is 1. The number of amides is 1. The van der Waals surface area contributed by atoms with E-state index in [1.807, 2.05) is 42.2 Å². The van der Waals surface area contributed by atoms with Gasteiger partial charge in [-0.3, -0.25) is 9.59 Å². The van der Waals surface area contributed by atoms with Crippen LogP contribution in [0.25, 0.3) is 10.6 Å². The Bertz CT molecular complexity index is 1190. The van der Waals surface area contributed by atoms with Crippen LogP contribution in [0.4, 0.5) is 16.8 Å². The Kier molecular flexibility index (Phi) is 7.60. The molecule has 0 bridgehead atoms. The van der Waals surface area contributed by atoms with Gasteiger partial charge in [0.15, 0.2) is 5.13 Å². The minimum Gasteiger partial charge on any atom is -0.481 e. The summed E-state index contributed by atoms with van der Waals surface area (Å²) in [5, 5.41) is 13.3. The van der Waals surface area contributed by atoms with Crippen LogP contribution in [-0.2, 0) is 9.59 Å². The van der Waals surface area contributed by atoms with Crippen molar-refractivity contribution in [3.63, 3.8) is 0 Å². The second-order valence-corrected chi connectivity index (χ2v) is 10.0. The number of hydrogen-bond donors (Lipinski definition) is 2. The maximum absolute atomic E-state index is 12.6. The average Bonchev–Trinajstić information content (AvgIpc) is 3.32. The highest BCUT2D eigenvalue weighted by atomic mass is 32.1. The third kappa shape index (κ3) is 6.13. The largest absolute Gasteiger partial charge is 0.481 e. The number of anilines is 3. The van der Waals surface area contributed by atoms with E-state index in [1.54, 1.807) is 31.4 Å². The molecule has 35 heavy (non-hydrogen) atoms. The molecular formula is C25H30N6O3S. The van der Waals surface area contributed by atoms with Crippen molar-refractivity contribution in [1.29, 1.82) is 0 Å². The number of hydrogen-bond acceptors (Lipinski definition) is 8. The molecule has 1 amide bonds. The second-order valence-electron chi connectivity index (χ2n) is 9.02. The molecule has 3 heterocycles. The van der Waals surface area contributed by atoms with E-state index >= 15 is 0 Å². The molecule has 1 aliphatic carbocycles. The molecule has 4 rings (SSSR count). The summed E-state index contributed by atoms with van der Waals surface area (Å²) < 4.78 is 0. The Morgan fingerprint density at radius 1 is 1.11 bits per heavy atom. The zero-order chi connectivity index (χ0) is 24.9. The highest BCUT2D eigenvalue weighted by Crippen LogP contribution is 2.36. The van der Waals surface area contributed by atoms with Crippen molar-refractivity contribution in [2.24, 2.45) is 5.92 Å². The first-order chi connectivity index (χ1) is 16.8. The molecule has 0 aliphatic heterocycles. The number of aromatic nitrogens is 3. The lowest BCUT2D eigenvalue weighted by atomic mass is 9.85. The minimum absolute atomic E-state index is 0.0166. The number of nitrogens with one attached hydrogen (secondary N) is 1. The van der Waals surface area contributed by atoms with Gasteiger partial charge in [0.25, 0.3) is 0 Å². The quantitative estimate of drug-likeness (QED) is 0.480. The molecule has 9 nitrogen and oxygen atoms in total. The Morgan fingerprint density at radius 2 is 1.89 bits per heavy atom. The SMILES string of the molecule is Cc1ccnc(Nc2cccc(-c3cnc(N(CC(=O)N(C)C)C4CCC(C(=O)O)CC4)s3)n2)c1. The van der Waals surface area contributed by atoms with Gasteiger partial charge >= 0.3 is 5.97 Å². The van der Waals surface area contributed by atoms with Gasteiger partial charge in [0.05, 0.1) is 23.0 Å². The monoisotopic (exact) mass is 494 g/mol. The first-order valence-electron chi connectivity index (χ1n) is 11.6. The summed E-state index contributed by atoms with van der Waals surface area (Å²) in [5.74, 6) is 0.340. The van der Waals surface area contributed by atoms with Crippen LogP contribution in [0, 0.1) is 12.8 Å². The molecule has 10 heteroatoms. The number of carbonyl (C=O) groups is 2. The van der Waals surface area contributed by atoms with Crippen LogP contribution in [0.15, 0.2) is 42.7 Å². The van der Waals surface area contributed by atoms with E-state index in [0.29, 0.717) is 31.5 Å². The summed E-state index contributed by atoms with van der Waals surface area (Å²) in [6.07, 6.45) is 6.18. The predicted molar refractivity (Wildman–Crippen MR) is 137 cm³/mol. The topological polar surface area (TPSA) is 112 Å². The smallest absolute Gasteiger partial charge is 0.306 e. The molecule has 0 aromatic carbocycles. The zero-order valence-electron chi connectivity index (χ0n) is 20.1. The maximum atomic E-state index is 12.6. The molecule has 3 aromatic heterocycles. The van der Waals surface area contributed by atoms with Crippen molar-refractivity contribution in [3.8, 4) is 10.6 Å². The Labute approximate surface area is 208 Å². The van der Waals surface area contributed by atoms with Crippen LogP contribution in [-0.4, -0.2) is 63.5 Å². The Morgan fingerprint density at radius 3 is 2.57 bits per heavy atom. The van der Waals surface area contributed by atoms with E-state index < -0.39 is 5.97 Å². The Hall–Kier alpha value is -3.53. The standard InChI is InChI=1S/C25H30N6O3S/c1-16-11-12-26-22(13-16)29-21-6-4-5-19(28-21)20-14-27-25(35-20)31(15-23(32)30(2)3)18-9-7-17(8-10-18)24(33)34/h4-6,11-14,17-18H,7-10,15H2,1-3H3,(H,33,34)(H,26,28,29). The van der Waals surface area contributed by atoms with Crippen LogP contribution in [0.3, 0.4) is 0 Å². The third-order valence-electron chi connectivity index (χ3n) is 6.20. The van der Waals surface area contributed by atoms with E-state index in [2.05, 4.69) is 15.3 Å². The number of aliphatic carboxylic acids is 1. The van der Waals surface area contributed by atoms with Crippen molar-refractivity contribution in [1.82, 2.24) is 19.9 Å². The molecule has 1 fully saturated rings. The molecule has 0 atom stereocenters. The highest BCUT2D eigenvalue weighted by molar-refractivity contribution is 7.18. The summed E-state index contributed by atoms with van der Waals surface area (Å²) in [4.78, 5) is 42.2. The number of nitrogens with zero attached hydrogens (tertiary/aromatic N) is 5. The fourth-order valence-corrected chi connectivity index (χ4v) is 5.12. The fraction of sp³-hybridized carbons (Fsp3) is 0.400. The van der Waals surface area contributed by atoms with Gasteiger partial charge in [0.2, 0.25) is 5.91 Å². The first kappa shape index (κ1) is 24.6. The van der Waals surface area contributed by atoms with Crippen LogP contribution < -0.4 is 10.2 Å². The van der Waals surface area contributed by atoms with Crippen molar-refractivity contribution in [2.45, 2.75) is 38.6 Å². The summed E-state index contributed by atoms with van der Waals surface area (Å²) in [7, 11) is 3.47. The van der Waals surface area contributed by atoms with E-state index in [1.165, 1.54) is 11.3 Å². The van der Waals surface area contributed by atoms with Gasteiger partial charge in [-0.2, -0.15) is 0 Å². The van der Waals surface area contributed by atoms with Crippen molar-refractivity contribution < 1.29 is 14.7 Å². The molecular weight excluding hydrogens is 464 g/mol. The average molecular weight is 495 g/mol. The lowest BCUT2D eigenvalue weighted by Crippen LogP contribution is -2.44. The summed E-state index contributed by atoms with van der Waals surface area (Å²) in [6, 6.07) is 9.72. The number of pyridine rings is 2. The van der Waals surface area contributed by atoms with Gasteiger partial charge in [0, 0.05) is 32.5 Å². The lowest BCUT2D eigenvalue weighted by molar-refractivity contribution is -0.143. The van der Waals surface area contributed by atoms with E-state index in [0.717, 1.165) is 27.1 Å². The predicted octanol–water partition coefficient (Wildman–Crippen LogP) is 4.19. The fourth-order valence-electron chi connectivity index (χ4n) is 4.17. The number of carboxylic acids is 1.